The summed E-state index contributed by atoms with van der Waals surface area (Å²) in [6.45, 7) is 9.19. The average molecular weight is 267 g/mol. The molecule has 0 aromatic carbocycles. The van der Waals surface area contributed by atoms with Gasteiger partial charge < -0.3 is 0 Å². The van der Waals surface area contributed by atoms with Gasteiger partial charge in [-0.1, -0.05) is 66.2 Å². The van der Waals surface area contributed by atoms with E-state index in [-0.39, 0.29) is 0 Å². The molecule has 0 aliphatic rings. The van der Waals surface area contributed by atoms with Crippen LogP contribution in [0.25, 0.3) is 0 Å². The first-order valence-electron chi connectivity index (χ1n) is 8.24. The summed E-state index contributed by atoms with van der Waals surface area (Å²) in [5, 5.41) is 0. The van der Waals surface area contributed by atoms with Gasteiger partial charge in [-0.2, -0.15) is 0 Å². The lowest BCUT2D eigenvalue weighted by Gasteiger charge is -2.26. The highest BCUT2D eigenvalue weighted by Gasteiger charge is 2.29. The van der Waals surface area contributed by atoms with Crippen LogP contribution in [0.4, 0.5) is 0 Å². The molecule has 0 aliphatic carbocycles. The molecule has 0 aromatic rings. The molecule has 0 saturated heterocycles. The fourth-order valence-corrected chi connectivity index (χ4v) is 7.20. The molecule has 0 atom stereocenters. The SMILES string of the molecule is CCCC#C[Si](CCCC)(CCCC)CCCC. The topological polar surface area (TPSA) is 0 Å². The van der Waals surface area contributed by atoms with E-state index < -0.39 is 8.07 Å². The summed E-state index contributed by atoms with van der Waals surface area (Å²) in [5.74, 6) is 3.51. The normalized spacial score (nSPS) is 11.1. The van der Waals surface area contributed by atoms with Crippen LogP contribution in [0.2, 0.25) is 18.1 Å². The highest BCUT2D eigenvalue weighted by atomic mass is 28.3. The summed E-state index contributed by atoms with van der Waals surface area (Å²) in [5.41, 5.74) is 3.83. The lowest BCUT2D eigenvalue weighted by atomic mass is 10.4. The molecular formula is C17H34Si. The fraction of sp³-hybridized carbons (Fsp3) is 0.882. The molecule has 0 bridgehead atoms. The monoisotopic (exact) mass is 266 g/mol. The minimum absolute atomic E-state index is 1.11. The first-order chi connectivity index (χ1) is 8.74. The fourth-order valence-electron chi connectivity index (χ4n) is 2.48. The first-order valence-corrected chi connectivity index (χ1v) is 10.9. The van der Waals surface area contributed by atoms with Gasteiger partial charge in [-0.25, -0.2) is 0 Å². The minimum atomic E-state index is -1.26. The maximum Gasteiger partial charge on any atom is 0.138 e. The van der Waals surface area contributed by atoms with Crippen molar-refractivity contribution in [3.05, 3.63) is 0 Å². The van der Waals surface area contributed by atoms with Crippen LogP contribution in [0.15, 0.2) is 0 Å². The Labute approximate surface area is 117 Å². The maximum absolute atomic E-state index is 3.83. The van der Waals surface area contributed by atoms with Gasteiger partial charge in [0.25, 0.3) is 0 Å². The summed E-state index contributed by atoms with van der Waals surface area (Å²) in [6, 6.07) is 4.38. The molecule has 0 aliphatic heterocycles. The highest BCUT2D eigenvalue weighted by Crippen LogP contribution is 2.27. The van der Waals surface area contributed by atoms with Crippen LogP contribution in [-0.4, -0.2) is 8.07 Å². The van der Waals surface area contributed by atoms with Gasteiger partial charge in [0, 0.05) is 6.42 Å². The number of unbranched alkanes of at least 4 members (excludes halogenated alkanes) is 4. The lowest BCUT2D eigenvalue weighted by molar-refractivity contribution is 0.801. The van der Waals surface area contributed by atoms with Crippen LogP contribution < -0.4 is 0 Å². The summed E-state index contributed by atoms with van der Waals surface area (Å²) < 4.78 is 0. The van der Waals surface area contributed by atoms with Gasteiger partial charge in [0.1, 0.15) is 8.07 Å². The second-order valence-electron chi connectivity index (χ2n) is 5.64. The van der Waals surface area contributed by atoms with Crippen molar-refractivity contribution in [1.29, 1.82) is 0 Å². The van der Waals surface area contributed by atoms with E-state index in [2.05, 4.69) is 39.2 Å². The second-order valence-corrected chi connectivity index (χ2v) is 9.95. The third-order valence-electron chi connectivity index (χ3n) is 3.76. The molecule has 0 unspecified atom stereocenters. The van der Waals surface area contributed by atoms with Crippen molar-refractivity contribution in [1.82, 2.24) is 0 Å². The van der Waals surface area contributed by atoms with E-state index in [1.165, 1.54) is 63.1 Å². The average Bonchev–Trinajstić information content (AvgIpc) is 2.40. The predicted molar refractivity (Wildman–Crippen MR) is 87.6 cm³/mol. The molecular weight excluding hydrogens is 232 g/mol. The standard InChI is InChI=1S/C17H34Si/c1-5-9-13-17-18(14-10-6-2,15-11-7-3)16-12-8-4/h5-12,14-16H2,1-4H3. The molecule has 106 valence electrons. The molecule has 0 aromatic heterocycles. The third-order valence-corrected chi connectivity index (χ3v) is 8.39. The van der Waals surface area contributed by atoms with Crippen LogP contribution in [-0.2, 0) is 0 Å². The van der Waals surface area contributed by atoms with Crippen LogP contribution in [0.5, 0.6) is 0 Å². The summed E-state index contributed by atoms with van der Waals surface area (Å²) in [4.78, 5) is 0. The molecule has 0 nitrogen and oxygen atoms in total. The summed E-state index contributed by atoms with van der Waals surface area (Å²) in [6.07, 6.45) is 10.5. The van der Waals surface area contributed by atoms with Gasteiger partial charge in [0.05, 0.1) is 0 Å². The molecule has 0 fully saturated rings. The Balaban J connectivity index is 4.69. The molecule has 1 heteroatoms. The van der Waals surface area contributed by atoms with Gasteiger partial charge in [-0.15, -0.1) is 11.5 Å². The number of hydrogen-bond acceptors (Lipinski definition) is 0. The highest BCUT2D eigenvalue weighted by molar-refractivity contribution is 6.87. The van der Waals surface area contributed by atoms with E-state index in [0.29, 0.717) is 0 Å². The van der Waals surface area contributed by atoms with Gasteiger partial charge in [-0.3, -0.25) is 0 Å². The van der Waals surface area contributed by atoms with E-state index >= 15 is 0 Å². The minimum Gasteiger partial charge on any atom is -0.131 e. The summed E-state index contributed by atoms with van der Waals surface area (Å²) >= 11 is 0. The quantitative estimate of drug-likeness (QED) is 0.327. The Morgan fingerprint density at radius 1 is 0.667 bits per heavy atom. The van der Waals surface area contributed by atoms with Crippen molar-refractivity contribution >= 4 is 8.07 Å². The largest absolute Gasteiger partial charge is 0.138 e. The van der Waals surface area contributed by atoms with E-state index in [1.807, 2.05) is 0 Å². The number of rotatable bonds is 10. The maximum atomic E-state index is 3.83. The van der Waals surface area contributed by atoms with E-state index in [4.69, 9.17) is 0 Å². The van der Waals surface area contributed by atoms with Gasteiger partial charge in [0.15, 0.2) is 0 Å². The molecule has 0 rings (SSSR count). The Hall–Kier alpha value is -0.223. The van der Waals surface area contributed by atoms with Crippen LogP contribution in [0.3, 0.4) is 0 Å². The zero-order valence-electron chi connectivity index (χ0n) is 13.3. The Kier molecular flexibility index (Phi) is 11.7. The van der Waals surface area contributed by atoms with Crippen LogP contribution >= 0.6 is 0 Å². The smallest absolute Gasteiger partial charge is 0.131 e. The molecule has 0 radical (unpaired) electrons. The Morgan fingerprint density at radius 2 is 1.11 bits per heavy atom. The zero-order chi connectivity index (χ0) is 13.7. The van der Waals surface area contributed by atoms with Crippen molar-refractivity contribution < 1.29 is 0 Å². The zero-order valence-corrected chi connectivity index (χ0v) is 14.3. The van der Waals surface area contributed by atoms with Crippen molar-refractivity contribution in [2.24, 2.45) is 0 Å². The third kappa shape index (κ3) is 7.98. The van der Waals surface area contributed by atoms with E-state index in [9.17, 15) is 0 Å². The molecule has 18 heavy (non-hydrogen) atoms. The van der Waals surface area contributed by atoms with Crippen molar-refractivity contribution in [3.63, 3.8) is 0 Å². The van der Waals surface area contributed by atoms with Gasteiger partial charge in [0.2, 0.25) is 0 Å². The lowest BCUT2D eigenvalue weighted by Crippen LogP contribution is -2.32. The predicted octanol–water partition coefficient (Wildman–Crippen LogP) is 6.18. The molecule has 0 amide bonds. The number of hydrogen-bond donors (Lipinski definition) is 0. The van der Waals surface area contributed by atoms with E-state index in [1.54, 1.807) is 0 Å². The first kappa shape index (κ1) is 17.8. The van der Waals surface area contributed by atoms with Gasteiger partial charge >= 0.3 is 0 Å². The van der Waals surface area contributed by atoms with Crippen molar-refractivity contribution in [3.8, 4) is 11.5 Å². The van der Waals surface area contributed by atoms with Crippen molar-refractivity contribution in [2.45, 2.75) is 97.2 Å². The molecule has 0 spiro atoms. The Bertz CT molecular complexity index is 212. The molecule has 0 heterocycles. The van der Waals surface area contributed by atoms with E-state index in [0.717, 1.165) is 6.42 Å². The van der Waals surface area contributed by atoms with Crippen molar-refractivity contribution in [2.75, 3.05) is 0 Å². The van der Waals surface area contributed by atoms with Gasteiger partial charge in [-0.05, 0) is 24.6 Å². The second kappa shape index (κ2) is 11.8. The van der Waals surface area contributed by atoms with Crippen LogP contribution in [0, 0.1) is 11.5 Å². The Morgan fingerprint density at radius 3 is 1.44 bits per heavy atom. The molecule has 0 saturated carbocycles. The molecule has 0 N–H and O–H groups in total. The van der Waals surface area contributed by atoms with Crippen LogP contribution in [0.1, 0.15) is 79.1 Å². The summed E-state index contributed by atoms with van der Waals surface area (Å²) in [7, 11) is -1.26.